The van der Waals surface area contributed by atoms with E-state index in [0.29, 0.717) is 0 Å². The number of ether oxygens (including phenoxy) is 4. The van der Waals surface area contributed by atoms with Gasteiger partial charge in [0.15, 0.2) is 6.10 Å². The lowest BCUT2D eigenvalue weighted by atomic mass is 10.0. The summed E-state index contributed by atoms with van der Waals surface area (Å²) < 4.78 is 47.9. The van der Waals surface area contributed by atoms with E-state index in [-0.39, 0.29) is 32.5 Å². The summed E-state index contributed by atoms with van der Waals surface area (Å²) in [6.07, 6.45) is -2.21. The van der Waals surface area contributed by atoms with Crippen LogP contribution in [0.1, 0.15) is 40.5 Å². The third-order valence-corrected chi connectivity index (χ3v) is 4.97. The minimum Gasteiger partial charge on any atom is -0.462 e. The fraction of sp³-hybridized carbons (Fsp3) is 0.842. The van der Waals surface area contributed by atoms with Crippen molar-refractivity contribution < 1.29 is 51.5 Å². The molecule has 0 aromatic rings. The average molecular weight is 500 g/mol. The van der Waals surface area contributed by atoms with Gasteiger partial charge in [-0.1, -0.05) is 0 Å². The Morgan fingerprint density at radius 3 is 1.85 bits per heavy atom. The van der Waals surface area contributed by atoms with Crippen LogP contribution in [0.2, 0.25) is 0 Å². The molecule has 0 aliphatic heterocycles. The van der Waals surface area contributed by atoms with Crippen LogP contribution in [0.5, 0.6) is 0 Å². The van der Waals surface area contributed by atoms with Crippen molar-refractivity contribution in [3.05, 3.63) is 0 Å². The van der Waals surface area contributed by atoms with Gasteiger partial charge in [-0.15, -0.1) is 0 Å². The molecule has 0 bridgehead atoms. The molecule has 3 atom stereocenters. The Hall–Kier alpha value is -1.60. The highest BCUT2D eigenvalue weighted by atomic mass is 31.2. The Bertz CT molecular complexity index is 661. The summed E-state index contributed by atoms with van der Waals surface area (Å²) >= 11 is 0. The first-order valence-electron chi connectivity index (χ1n) is 10.1. The van der Waals surface area contributed by atoms with Gasteiger partial charge >= 0.3 is 19.8 Å². The van der Waals surface area contributed by atoms with Gasteiger partial charge in [0, 0.05) is 25.3 Å². The Labute approximate surface area is 194 Å². The van der Waals surface area contributed by atoms with Gasteiger partial charge in [0.2, 0.25) is 0 Å². The van der Waals surface area contributed by atoms with Crippen molar-refractivity contribution in [2.75, 3.05) is 40.6 Å². The van der Waals surface area contributed by atoms with Crippen LogP contribution in [0.15, 0.2) is 0 Å². The summed E-state index contributed by atoms with van der Waals surface area (Å²) in [5.41, 5.74) is 9.97. The van der Waals surface area contributed by atoms with E-state index < -0.39 is 56.3 Å². The highest BCUT2D eigenvalue weighted by molar-refractivity contribution is 7.48. The van der Waals surface area contributed by atoms with Crippen LogP contribution in [0.4, 0.5) is 0 Å². The molecule has 0 aliphatic carbocycles. The van der Waals surface area contributed by atoms with Crippen molar-refractivity contribution >= 4 is 26.2 Å². The molecule has 0 radical (unpaired) electrons. The molecule has 0 saturated carbocycles. The van der Waals surface area contributed by atoms with Gasteiger partial charge < -0.3 is 30.4 Å². The SMILES string of the molecule is COCC(COP(=O)(OC)OCC(COC(=O)CC(C)(C)N)OC(=O)CC(C)(C)N)OC=O. The van der Waals surface area contributed by atoms with E-state index in [4.69, 9.17) is 44.0 Å². The number of nitrogens with two attached hydrogens (primary N) is 2. The topological polar surface area (TPSA) is 185 Å². The summed E-state index contributed by atoms with van der Waals surface area (Å²) in [6, 6.07) is 0. The smallest absolute Gasteiger partial charge is 0.462 e. The van der Waals surface area contributed by atoms with Crippen LogP contribution in [-0.4, -0.2) is 82.3 Å². The number of carbonyl (C=O) groups excluding carboxylic acids is 3. The highest BCUT2D eigenvalue weighted by Gasteiger charge is 2.31. The average Bonchev–Trinajstić information content (AvgIpc) is 2.66. The van der Waals surface area contributed by atoms with Crippen molar-refractivity contribution in [3.63, 3.8) is 0 Å². The van der Waals surface area contributed by atoms with Crippen LogP contribution in [-0.2, 0) is 51.5 Å². The number of phosphoric ester groups is 1. The van der Waals surface area contributed by atoms with Crippen LogP contribution >= 0.6 is 7.82 Å². The number of phosphoric acid groups is 1. The summed E-state index contributed by atoms with van der Waals surface area (Å²) in [7, 11) is -1.69. The molecule has 0 fully saturated rings. The summed E-state index contributed by atoms with van der Waals surface area (Å²) in [5.74, 6) is -1.30. The number of hydrogen-bond donors (Lipinski definition) is 2. The molecule has 14 heteroatoms. The van der Waals surface area contributed by atoms with Gasteiger partial charge in [0.25, 0.3) is 6.47 Å². The van der Waals surface area contributed by atoms with E-state index in [1.54, 1.807) is 27.7 Å². The lowest BCUT2D eigenvalue weighted by Crippen LogP contribution is -2.39. The first-order valence-corrected chi connectivity index (χ1v) is 11.5. The molecular weight excluding hydrogens is 463 g/mol. The van der Waals surface area contributed by atoms with Gasteiger partial charge in [-0.05, 0) is 27.7 Å². The van der Waals surface area contributed by atoms with E-state index in [1.807, 2.05) is 0 Å². The number of hydrogen-bond acceptors (Lipinski definition) is 13. The Kier molecular flexibility index (Phi) is 13.9. The first kappa shape index (κ1) is 31.4. The van der Waals surface area contributed by atoms with E-state index in [1.165, 1.54) is 7.11 Å². The molecule has 13 nitrogen and oxygen atoms in total. The summed E-state index contributed by atoms with van der Waals surface area (Å²) in [4.78, 5) is 34.7. The predicted molar refractivity (Wildman–Crippen MR) is 116 cm³/mol. The van der Waals surface area contributed by atoms with Crippen molar-refractivity contribution in [3.8, 4) is 0 Å². The van der Waals surface area contributed by atoms with E-state index in [0.717, 1.165) is 7.11 Å². The number of rotatable bonds is 18. The maximum atomic E-state index is 12.7. The fourth-order valence-electron chi connectivity index (χ4n) is 2.21. The zero-order valence-corrected chi connectivity index (χ0v) is 21.0. The maximum absolute atomic E-state index is 12.7. The second-order valence-corrected chi connectivity index (χ2v) is 10.4. The molecule has 194 valence electrons. The molecule has 0 aliphatic rings. The predicted octanol–water partition coefficient (Wildman–Crippen LogP) is 0.672. The zero-order valence-electron chi connectivity index (χ0n) is 20.1. The minimum absolute atomic E-state index is 0.0228. The number of methoxy groups -OCH3 is 1. The Morgan fingerprint density at radius 1 is 0.879 bits per heavy atom. The van der Waals surface area contributed by atoms with Crippen LogP contribution in [0.3, 0.4) is 0 Å². The molecule has 0 heterocycles. The van der Waals surface area contributed by atoms with Crippen LogP contribution in [0.25, 0.3) is 0 Å². The molecule has 0 saturated heterocycles. The largest absolute Gasteiger partial charge is 0.474 e. The zero-order chi connectivity index (χ0) is 25.7. The molecule has 33 heavy (non-hydrogen) atoms. The van der Waals surface area contributed by atoms with Crippen molar-refractivity contribution in [1.29, 1.82) is 0 Å². The van der Waals surface area contributed by atoms with Crippen LogP contribution < -0.4 is 11.5 Å². The third kappa shape index (κ3) is 16.6. The van der Waals surface area contributed by atoms with Crippen LogP contribution in [0, 0.1) is 0 Å². The number of esters is 2. The van der Waals surface area contributed by atoms with Gasteiger partial charge in [-0.2, -0.15) is 0 Å². The Balaban J connectivity index is 5.13. The normalized spacial score (nSPS) is 15.8. The molecule has 0 aromatic carbocycles. The first-order chi connectivity index (χ1) is 15.1. The lowest BCUT2D eigenvalue weighted by molar-refractivity contribution is -0.162. The molecule has 0 amide bonds. The van der Waals surface area contributed by atoms with Crippen molar-refractivity contribution in [2.24, 2.45) is 11.5 Å². The second-order valence-electron chi connectivity index (χ2n) is 8.66. The Morgan fingerprint density at radius 2 is 1.39 bits per heavy atom. The number of carbonyl (C=O) groups is 3. The molecule has 0 aromatic heterocycles. The van der Waals surface area contributed by atoms with E-state index in [9.17, 15) is 18.9 Å². The third-order valence-electron chi connectivity index (χ3n) is 3.59. The second kappa shape index (κ2) is 14.6. The summed E-state index contributed by atoms with van der Waals surface area (Å²) in [5, 5.41) is 0. The van der Waals surface area contributed by atoms with Crippen molar-refractivity contribution in [1.82, 2.24) is 0 Å². The quantitative estimate of drug-likeness (QED) is 0.116. The van der Waals surface area contributed by atoms with Gasteiger partial charge in [0.1, 0.15) is 12.7 Å². The monoisotopic (exact) mass is 500 g/mol. The van der Waals surface area contributed by atoms with Gasteiger partial charge in [0.05, 0.1) is 32.7 Å². The highest BCUT2D eigenvalue weighted by Crippen LogP contribution is 2.48. The molecular formula is C19H37N2O11P. The van der Waals surface area contributed by atoms with Gasteiger partial charge in [-0.3, -0.25) is 28.0 Å². The van der Waals surface area contributed by atoms with Gasteiger partial charge in [-0.25, -0.2) is 4.57 Å². The van der Waals surface area contributed by atoms with E-state index >= 15 is 0 Å². The molecule has 0 spiro atoms. The molecule has 0 rings (SSSR count). The molecule has 4 N–H and O–H groups in total. The fourth-order valence-corrected chi connectivity index (χ4v) is 3.19. The maximum Gasteiger partial charge on any atom is 0.474 e. The molecule has 3 unspecified atom stereocenters. The van der Waals surface area contributed by atoms with E-state index in [2.05, 4.69) is 0 Å². The minimum atomic E-state index is -4.15. The van der Waals surface area contributed by atoms with Crippen molar-refractivity contribution in [2.45, 2.75) is 63.8 Å². The lowest BCUT2D eigenvalue weighted by Gasteiger charge is -2.24. The standard InChI is InChI=1S/C19H37N2O11P/c1-18(2,20)7-16(23)28-10-15(32-17(24)8-19(3,4)21)12-31-33(25,27-6)30-11-14(9-26-5)29-13-22/h13-15H,7-12,20-21H2,1-6H3. The summed E-state index contributed by atoms with van der Waals surface area (Å²) in [6.45, 7) is 5.49.